The Morgan fingerprint density at radius 1 is 1.00 bits per heavy atom. The molecule has 2 aliphatic carbocycles. The fourth-order valence-electron chi connectivity index (χ4n) is 3.60. The van der Waals surface area contributed by atoms with Gasteiger partial charge in [-0.25, -0.2) is 0 Å². The maximum Gasteiger partial charge on any atom is 0.197 e. The van der Waals surface area contributed by atoms with Gasteiger partial charge in [0.05, 0.1) is 5.56 Å². The van der Waals surface area contributed by atoms with Gasteiger partial charge in [-0.3, -0.25) is 9.59 Å². The Labute approximate surface area is 143 Å². The van der Waals surface area contributed by atoms with Gasteiger partial charge in [0.15, 0.2) is 11.6 Å². The van der Waals surface area contributed by atoms with Crippen molar-refractivity contribution in [2.75, 3.05) is 0 Å². The topological polar surface area (TPSA) is 94.8 Å². The number of aromatic hydroxyl groups is 2. The third kappa shape index (κ3) is 1.99. The van der Waals surface area contributed by atoms with Crippen LogP contribution in [0.3, 0.4) is 0 Å². The molecule has 0 fully saturated rings. The van der Waals surface area contributed by atoms with E-state index in [4.69, 9.17) is 0 Å². The van der Waals surface area contributed by atoms with E-state index in [2.05, 4.69) is 0 Å². The summed E-state index contributed by atoms with van der Waals surface area (Å²) in [5, 5.41) is 32.9. The molecular formula is C20H16O5. The average Bonchev–Trinajstić information content (AvgIpc) is 2.57. The number of fused-ring (bicyclic) bond motifs is 3. The molecule has 0 aliphatic heterocycles. The van der Waals surface area contributed by atoms with Crippen LogP contribution in [-0.4, -0.2) is 26.9 Å². The molecule has 0 bridgehead atoms. The summed E-state index contributed by atoms with van der Waals surface area (Å²) in [6.45, 7) is 3.74. The van der Waals surface area contributed by atoms with Crippen molar-refractivity contribution in [2.24, 2.45) is 0 Å². The molecule has 0 saturated heterocycles. The highest BCUT2D eigenvalue weighted by molar-refractivity contribution is 6.22. The van der Waals surface area contributed by atoms with Gasteiger partial charge in [0.25, 0.3) is 0 Å². The number of rotatable bonds is 0. The lowest BCUT2D eigenvalue weighted by Crippen LogP contribution is -2.24. The molecule has 2 aromatic carbocycles. The van der Waals surface area contributed by atoms with Crippen LogP contribution in [0, 0.1) is 13.8 Å². The summed E-state index contributed by atoms with van der Waals surface area (Å²) >= 11 is 0. The molecule has 0 spiro atoms. The molecule has 0 radical (unpaired) electrons. The Kier molecular flexibility index (Phi) is 3.14. The summed E-state index contributed by atoms with van der Waals surface area (Å²) in [4.78, 5) is 24.5. The minimum absolute atomic E-state index is 0.00370. The molecule has 1 unspecified atom stereocenters. The van der Waals surface area contributed by atoms with Gasteiger partial charge in [-0.2, -0.15) is 0 Å². The third-order valence-corrected chi connectivity index (χ3v) is 5.08. The van der Waals surface area contributed by atoms with Crippen molar-refractivity contribution in [1.29, 1.82) is 0 Å². The van der Waals surface area contributed by atoms with Crippen molar-refractivity contribution in [3.05, 3.63) is 57.7 Å². The third-order valence-electron chi connectivity index (χ3n) is 5.08. The summed E-state index contributed by atoms with van der Waals surface area (Å²) in [5.41, 5.74) is 2.06. The summed E-state index contributed by atoms with van der Waals surface area (Å²) in [7, 11) is 0. The highest BCUT2D eigenvalue weighted by Gasteiger charge is 2.39. The largest absolute Gasteiger partial charge is 0.507 e. The van der Waals surface area contributed by atoms with Crippen molar-refractivity contribution >= 4 is 22.3 Å². The first-order valence-corrected chi connectivity index (χ1v) is 7.97. The van der Waals surface area contributed by atoms with Gasteiger partial charge in [-0.05, 0) is 48.8 Å². The van der Waals surface area contributed by atoms with Gasteiger partial charge >= 0.3 is 0 Å². The van der Waals surface area contributed by atoms with E-state index in [1.54, 1.807) is 12.1 Å². The summed E-state index contributed by atoms with van der Waals surface area (Å²) in [5.74, 6) is -1.30. The zero-order valence-electron chi connectivity index (χ0n) is 13.8. The average molecular weight is 336 g/mol. The van der Waals surface area contributed by atoms with Crippen LogP contribution in [0.1, 0.15) is 39.6 Å². The first-order valence-electron chi connectivity index (χ1n) is 7.97. The van der Waals surface area contributed by atoms with Crippen molar-refractivity contribution in [1.82, 2.24) is 0 Å². The number of phenolic OH excluding ortho intramolecular Hbond substituents is 2. The van der Waals surface area contributed by atoms with Gasteiger partial charge in [-0.1, -0.05) is 6.08 Å². The lowest BCUT2D eigenvalue weighted by molar-refractivity contribution is -0.114. The van der Waals surface area contributed by atoms with E-state index in [0.717, 1.165) is 11.1 Å². The molecule has 25 heavy (non-hydrogen) atoms. The SMILES string of the molecule is Cc1cc2c(O)c3c(c(O)c2cc1C)C(O)C1=CCC(=O)C=C1C3=O. The lowest BCUT2D eigenvalue weighted by Gasteiger charge is -2.29. The van der Waals surface area contributed by atoms with Gasteiger partial charge in [-0.15, -0.1) is 0 Å². The maximum atomic E-state index is 12.9. The number of hydrogen-bond donors (Lipinski definition) is 3. The number of aliphatic hydroxyl groups is 1. The minimum Gasteiger partial charge on any atom is -0.507 e. The summed E-state index contributed by atoms with van der Waals surface area (Å²) in [6, 6.07) is 3.42. The molecule has 5 nitrogen and oxygen atoms in total. The molecule has 2 aliphatic rings. The quantitative estimate of drug-likeness (QED) is 0.643. The Balaban J connectivity index is 2.14. The van der Waals surface area contributed by atoms with Crippen LogP contribution < -0.4 is 0 Å². The van der Waals surface area contributed by atoms with E-state index in [-0.39, 0.29) is 40.4 Å². The Hall–Kier alpha value is -2.92. The monoisotopic (exact) mass is 336 g/mol. The number of Topliss-reactive ketones (excluding diaryl/α,β-unsaturated/α-hetero) is 1. The molecule has 5 heteroatoms. The van der Waals surface area contributed by atoms with Crippen molar-refractivity contribution in [3.63, 3.8) is 0 Å². The van der Waals surface area contributed by atoms with Crippen LogP contribution in [0.15, 0.2) is 35.4 Å². The number of carbonyl (C=O) groups excluding carboxylic acids is 2. The van der Waals surface area contributed by atoms with E-state index in [0.29, 0.717) is 16.3 Å². The molecule has 0 heterocycles. The lowest BCUT2D eigenvalue weighted by atomic mass is 9.76. The van der Waals surface area contributed by atoms with E-state index >= 15 is 0 Å². The van der Waals surface area contributed by atoms with Crippen LogP contribution in [0.5, 0.6) is 11.5 Å². The van der Waals surface area contributed by atoms with Crippen LogP contribution in [0.4, 0.5) is 0 Å². The van der Waals surface area contributed by atoms with Crippen LogP contribution in [0.2, 0.25) is 0 Å². The number of allylic oxidation sites excluding steroid dienone is 2. The number of aliphatic hydroxyl groups excluding tert-OH is 1. The first-order chi connectivity index (χ1) is 11.8. The second kappa shape index (κ2) is 5.04. The minimum atomic E-state index is -1.27. The predicted molar refractivity (Wildman–Crippen MR) is 91.8 cm³/mol. The fraction of sp³-hybridized carbons (Fsp3) is 0.200. The molecule has 1 atom stereocenters. The van der Waals surface area contributed by atoms with E-state index < -0.39 is 11.9 Å². The van der Waals surface area contributed by atoms with Gasteiger partial charge in [0.2, 0.25) is 0 Å². The summed E-state index contributed by atoms with van der Waals surface area (Å²) in [6.07, 6.45) is 1.52. The molecular weight excluding hydrogens is 320 g/mol. The second-order valence-corrected chi connectivity index (χ2v) is 6.59. The molecule has 2 aromatic rings. The van der Waals surface area contributed by atoms with E-state index in [1.807, 2.05) is 13.8 Å². The Morgan fingerprint density at radius 3 is 2.24 bits per heavy atom. The van der Waals surface area contributed by atoms with Crippen molar-refractivity contribution < 1.29 is 24.9 Å². The molecule has 3 N–H and O–H groups in total. The zero-order valence-corrected chi connectivity index (χ0v) is 13.8. The maximum absolute atomic E-state index is 12.9. The zero-order chi connectivity index (χ0) is 18.0. The standard InChI is InChI=1S/C20H16O5/c1-8-5-12-13(6-9(8)2)19(24)16-15(18(12)23)17(22)11-4-3-10(21)7-14(11)20(16)25/h4-7,17,22-24H,3H2,1-2H3. The molecule has 0 amide bonds. The fourth-order valence-corrected chi connectivity index (χ4v) is 3.60. The van der Waals surface area contributed by atoms with Crippen LogP contribution >= 0.6 is 0 Å². The molecule has 0 aromatic heterocycles. The highest BCUT2D eigenvalue weighted by Crippen LogP contribution is 2.50. The molecule has 126 valence electrons. The van der Waals surface area contributed by atoms with Crippen molar-refractivity contribution in [3.8, 4) is 11.5 Å². The molecule has 0 saturated carbocycles. The summed E-state index contributed by atoms with van der Waals surface area (Å²) < 4.78 is 0. The van der Waals surface area contributed by atoms with Crippen molar-refractivity contribution in [2.45, 2.75) is 26.4 Å². The molecule has 4 rings (SSSR count). The number of aryl methyl sites for hydroxylation is 2. The Bertz CT molecular complexity index is 1060. The van der Waals surface area contributed by atoms with Gasteiger partial charge in [0, 0.05) is 28.3 Å². The number of phenols is 2. The number of carbonyl (C=O) groups is 2. The van der Waals surface area contributed by atoms with Crippen LogP contribution in [0.25, 0.3) is 10.8 Å². The predicted octanol–water partition coefficient (Wildman–Crippen LogP) is 2.92. The van der Waals surface area contributed by atoms with E-state index in [9.17, 15) is 24.9 Å². The number of benzene rings is 2. The van der Waals surface area contributed by atoms with Gasteiger partial charge < -0.3 is 15.3 Å². The first kappa shape index (κ1) is 15.6. The second-order valence-electron chi connectivity index (χ2n) is 6.59. The Morgan fingerprint density at radius 2 is 1.60 bits per heavy atom. The van der Waals surface area contributed by atoms with E-state index in [1.165, 1.54) is 12.2 Å². The highest BCUT2D eigenvalue weighted by atomic mass is 16.3. The van der Waals surface area contributed by atoms with Crippen LogP contribution in [-0.2, 0) is 4.79 Å². The number of ketones is 2. The van der Waals surface area contributed by atoms with Gasteiger partial charge in [0.1, 0.15) is 17.6 Å². The normalized spacial score (nSPS) is 19.4. The number of hydrogen-bond acceptors (Lipinski definition) is 5. The smallest absolute Gasteiger partial charge is 0.197 e.